The maximum atomic E-state index is 13.5. The van der Waals surface area contributed by atoms with Crippen LogP contribution in [0.5, 0.6) is 0 Å². The summed E-state index contributed by atoms with van der Waals surface area (Å²) in [5, 5.41) is 10.8. The number of benzene rings is 2. The molecule has 8 nitrogen and oxygen atoms in total. The number of aromatic nitrogens is 3. The molecule has 0 amide bonds. The molecule has 1 saturated heterocycles. The molecular weight excluding hydrogens is 477 g/mol. The van der Waals surface area contributed by atoms with Gasteiger partial charge >= 0.3 is 5.97 Å². The lowest BCUT2D eigenvalue weighted by Crippen LogP contribution is -2.44. The fourth-order valence-electron chi connectivity index (χ4n) is 4.62. The van der Waals surface area contributed by atoms with Crippen molar-refractivity contribution in [2.45, 2.75) is 25.4 Å². The van der Waals surface area contributed by atoms with Crippen molar-refractivity contribution in [3.63, 3.8) is 0 Å². The van der Waals surface area contributed by atoms with Crippen LogP contribution in [0.1, 0.15) is 28.8 Å². The van der Waals surface area contributed by atoms with Crippen molar-refractivity contribution in [2.75, 3.05) is 18.0 Å². The van der Waals surface area contributed by atoms with Crippen molar-refractivity contribution < 1.29 is 9.90 Å². The highest BCUT2D eigenvalue weighted by Gasteiger charge is 2.26. The Morgan fingerprint density at radius 1 is 1.24 bits per heavy atom. The Morgan fingerprint density at radius 2 is 1.97 bits per heavy atom. The minimum absolute atomic E-state index is 0. The molecule has 2 aromatic carbocycles. The van der Waals surface area contributed by atoms with Crippen molar-refractivity contribution in [2.24, 2.45) is 12.8 Å². The van der Waals surface area contributed by atoms with Gasteiger partial charge < -0.3 is 24.9 Å². The minimum atomic E-state index is -1.03. The number of piperidine rings is 1. The fourth-order valence-corrected chi connectivity index (χ4v) is 4.75. The fraction of sp³-hybridized carbons (Fsp3) is 0.292. The largest absolute Gasteiger partial charge is 0.478 e. The first-order valence-electron chi connectivity index (χ1n) is 10.8. The third kappa shape index (κ3) is 4.13. The van der Waals surface area contributed by atoms with E-state index < -0.39 is 5.97 Å². The Labute approximate surface area is 207 Å². The van der Waals surface area contributed by atoms with Gasteiger partial charge in [-0.3, -0.25) is 4.79 Å². The molecular formula is C24H25Cl2N5O3. The normalized spacial score (nSPS) is 16.1. The van der Waals surface area contributed by atoms with E-state index in [0.717, 1.165) is 24.9 Å². The van der Waals surface area contributed by atoms with Crippen LogP contribution in [-0.2, 0) is 13.6 Å². The van der Waals surface area contributed by atoms with Crippen LogP contribution < -0.4 is 16.2 Å². The quantitative estimate of drug-likeness (QED) is 0.442. The second-order valence-corrected chi connectivity index (χ2v) is 9.01. The van der Waals surface area contributed by atoms with Crippen molar-refractivity contribution in [1.29, 1.82) is 0 Å². The SMILES string of the molecule is Cl.Cn1c(=O)c2c(nc(N3CCC[C@@H](N)C3)n2Cc2ccc(Cl)cc2)c2cc(C(=O)O)ccc21. The van der Waals surface area contributed by atoms with Crippen LogP contribution in [0.4, 0.5) is 5.95 Å². The molecule has 0 spiro atoms. The number of pyridine rings is 1. The first kappa shape index (κ1) is 24.1. The summed E-state index contributed by atoms with van der Waals surface area (Å²) in [6.07, 6.45) is 1.88. The maximum Gasteiger partial charge on any atom is 0.335 e. The van der Waals surface area contributed by atoms with E-state index in [4.69, 9.17) is 22.3 Å². The Hall–Kier alpha value is -3.07. The van der Waals surface area contributed by atoms with Crippen LogP contribution in [0, 0.1) is 0 Å². The standard InChI is InChI=1S/C24H24ClN5O3.ClH/c1-28-19-9-6-15(23(32)33)11-18(19)20-21(22(28)31)30(12-14-4-7-16(25)8-5-14)24(27-20)29-10-2-3-17(26)13-29;/h4-9,11,17H,2-3,10,12-13,26H2,1H3,(H,32,33);1H/t17-;/m1./s1. The lowest BCUT2D eigenvalue weighted by Gasteiger charge is -2.32. The summed E-state index contributed by atoms with van der Waals surface area (Å²) in [4.78, 5) is 32.2. The van der Waals surface area contributed by atoms with E-state index in [-0.39, 0.29) is 29.6 Å². The van der Waals surface area contributed by atoms with Crippen LogP contribution in [0.25, 0.3) is 21.9 Å². The summed E-state index contributed by atoms with van der Waals surface area (Å²) in [5.41, 5.74) is 8.76. The molecule has 0 aliphatic carbocycles. The molecule has 0 saturated carbocycles. The van der Waals surface area contributed by atoms with Gasteiger partial charge in [0.05, 0.1) is 17.6 Å². The van der Waals surface area contributed by atoms with Gasteiger partial charge in [0.15, 0.2) is 0 Å². The predicted octanol–water partition coefficient (Wildman–Crippen LogP) is 3.64. The third-order valence-corrected chi connectivity index (χ3v) is 6.56. The Balaban J connectivity index is 0.00000274. The van der Waals surface area contributed by atoms with Crippen LogP contribution in [0.2, 0.25) is 5.02 Å². The summed E-state index contributed by atoms with van der Waals surface area (Å²) in [6.45, 7) is 1.85. The zero-order valence-corrected chi connectivity index (χ0v) is 20.1. The number of fused-ring (bicyclic) bond motifs is 3. The predicted molar refractivity (Wildman–Crippen MR) is 137 cm³/mol. The van der Waals surface area contributed by atoms with Crippen molar-refractivity contribution >= 4 is 57.9 Å². The number of imidazole rings is 1. The van der Waals surface area contributed by atoms with Gasteiger partial charge in [-0.15, -0.1) is 12.4 Å². The second-order valence-electron chi connectivity index (χ2n) is 8.57. The molecule has 3 N–H and O–H groups in total. The number of aromatic carboxylic acids is 1. The number of carboxylic acids is 1. The molecule has 2 aromatic heterocycles. The van der Waals surface area contributed by atoms with E-state index in [0.29, 0.717) is 46.0 Å². The molecule has 3 heterocycles. The van der Waals surface area contributed by atoms with Crippen molar-refractivity contribution in [3.05, 3.63) is 69.0 Å². The molecule has 0 unspecified atom stereocenters. The maximum absolute atomic E-state index is 13.5. The number of hydrogen-bond acceptors (Lipinski definition) is 5. The van der Waals surface area contributed by atoms with Gasteiger partial charge in [0, 0.05) is 36.6 Å². The molecule has 1 fully saturated rings. The second kappa shape index (κ2) is 9.29. The Morgan fingerprint density at radius 3 is 2.65 bits per heavy atom. The average Bonchev–Trinajstić information content (AvgIpc) is 3.18. The summed E-state index contributed by atoms with van der Waals surface area (Å²) in [7, 11) is 1.70. The number of rotatable bonds is 4. The van der Waals surface area contributed by atoms with Gasteiger partial charge in [0.2, 0.25) is 5.95 Å². The zero-order chi connectivity index (χ0) is 23.3. The molecule has 4 aromatic rings. The molecule has 0 bridgehead atoms. The first-order chi connectivity index (χ1) is 15.8. The smallest absolute Gasteiger partial charge is 0.335 e. The summed E-state index contributed by atoms with van der Waals surface area (Å²) < 4.78 is 3.47. The Bertz CT molecular complexity index is 1450. The van der Waals surface area contributed by atoms with Crippen LogP contribution in [-0.4, -0.2) is 44.3 Å². The number of hydrogen-bond donors (Lipinski definition) is 2. The molecule has 0 radical (unpaired) electrons. The van der Waals surface area contributed by atoms with Gasteiger partial charge in [0.1, 0.15) is 11.0 Å². The number of nitrogens with two attached hydrogens (primary N) is 1. The van der Waals surface area contributed by atoms with E-state index in [2.05, 4.69) is 4.90 Å². The molecule has 1 aliphatic rings. The topological polar surface area (TPSA) is 106 Å². The number of carboxylic acid groups (broad SMARTS) is 1. The van der Waals surface area contributed by atoms with Gasteiger partial charge in [-0.05, 0) is 48.7 Å². The third-order valence-electron chi connectivity index (χ3n) is 6.31. The van der Waals surface area contributed by atoms with E-state index in [9.17, 15) is 14.7 Å². The number of nitrogens with zero attached hydrogens (tertiary/aromatic N) is 4. The monoisotopic (exact) mass is 501 g/mol. The van der Waals surface area contributed by atoms with E-state index >= 15 is 0 Å². The summed E-state index contributed by atoms with van der Waals surface area (Å²) >= 11 is 6.07. The molecule has 34 heavy (non-hydrogen) atoms. The number of aryl methyl sites for hydroxylation is 1. The minimum Gasteiger partial charge on any atom is -0.478 e. The van der Waals surface area contributed by atoms with E-state index in [1.807, 2.05) is 28.8 Å². The van der Waals surface area contributed by atoms with Gasteiger partial charge in [-0.2, -0.15) is 0 Å². The first-order valence-corrected chi connectivity index (χ1v) is 11.2. The summed E-state index contributed by atoms with van der Waals surface area (Å²) in [6, 6.07) is 12.3. The number of carbonyl (C=O) groups is 1. The molecule has 10 heteroatoms. The van der Waals surface area contributed by atoms with E-state index in [1.54, 1.807) is 23.7 Å². The van der Waals surface area contributed by atoms with Crippen LogP contribution >= 0.6 is 24.0 Å². The zero-order valence-electron chi connectivity index (χ0n) is 18.6. The number of anilines is 1. The van der Waals surface area contributed by atoms with Gasteiger partial charge in [-0.25, -0.2) is 9.78 Å². The van der Waals surface area contributed by atoms with Gasteiger partial charge in [0.25, 0.3) is 5.56 Å². The molecule has 5 rings (SSSR count). The van der Waals surface area contributed by atoms with Crippen LogP contribution in [0.15, 0.2) is 47.3 Å². The van der Waals surface area contributed by atoms with E-state index in [1.165, 1.54) is 6.07 Å². The number of halogens is 2. The van der Waals surface area contributed by atoms with Crippen LogP contribution in [0.3, 0.4) is 0 Å². The average molecular weight is 502 g/mol. The molecule has 1 atom stereocenters. The lowest BCUT2D eigenvalue weighted by molar-refractivity contribution is 0.0697. The highest BCUT2D eigenvalue weighted by molar-refractivity contribution is 6.30. The molecule has 178 valence electrons. The lowest BCUT2D eigenvalue weighted by atomic mass is 10.1. The van der Waals surface area contributed by atoms with Crippen molar-refractivity contribution in [3.8, 4) is 0 Å². The summed E-state index contributed by atoms with van der Waals surface area (Å²) in [5.74, 6) is -0.359. The van der Waals surface area contributed by atoms with Crippen molar-refractivity contribution in [1.82, 2.24) is 14.1 Å². The Kier molecular flexibility index (Phi) is 6.58. The highest BCUT2D eigenvalue weighted by Crippen LogP contribution is 2.30. The van der Waals surface area contributed by atoms with Gasteiger partial charge in [-0.1, -0.05) is 23.7 Å². The molecule has 1 aliphatic heterocycles. The highest BCUT2D eigenvalue weighted by atomic mass is 35.5.